The normalized spacial score (nSPS) is 13.6. The summed E-state index contributed by atoms with van der Waals surface area (Å²) in [6, 6.07) is 0.0673. The second-order valence-electron chi connectivity index (χ2n) is 6.25. The van der Waals surface area contributed by atoms with Gasteiger partial charge < -0.3 is 9.88 Å². The molecule has 0 aliphatic carbocycles. The first kappa shape index (κ1) is 16.0. The van der Waals surface area contributed by atoms with Crippen molar-refractivity contribution < 1.29 is 0 Å². The lowest BCUT2D eigenvalue weighted by atomic mass is 10.1. The van der Waals surface area contributed by atoms with Crippen molar-refractivity contribution in [1.29, 1.82) is 0 Å². The molecular formula is C14H24ClN3O. The van der Waals surface area contributed by atoms with Crippen molar-refractivity contribution in [3.05, 3.63) is 22.7 Å². The minimum absolute atomic E-state index is 0.0673. The van der Waals surface area contributed by atoms with Crippen LogP contribution in [-0.4, -0.2) is 21.5 Å². The summed E-state index contributed by atoms with van der Waals surface area (Å²) in [5, 5.41) is 3.16. The van der Waals surface area contributed by atoms with Gasteiger partial charge in [-0.05, 0) is 33.1 Å². The lowest BCUT2D eigenvalue weighted by Gasteiger charge is -2.24. The van der Waals surface area contributed by atoms with Gasteiger partial charge in [-0.1, -0.05) is 13.8 Å². The van der Waals surface area contributed by atoms with Crippen molar-refractivity contribution in [3.8, 4) is 0 Å². The lowest BCUT2D eigenvalue weighted by molar-refractivity contribution is 0.383. The van der Waals surface area contributed by atoms with Gasteiger partial charge in [0.1, 0.15) is 0 Å². The Labute approximate surface area is 120 Å². The summed E-state index contributed by atoms with van der Waals surface area (Å²) >= 11 is 5.94. The van der Waals surface area contributed by atoms with Crippen LogP contribution in [0.1, 0.15) is 41.0 Å². The highest BCUT2D eigenvalue weighted by atomic mass is 35.5. The molecule has 4 nitrogen and oxygen atoms in total. The Kier molecular flexibility index (Phi) is 5.41. The van der Waals surface area contributed by atoms with E-state index in [1.807, 2.05) is 20.8 Å². The van der Waals surface area contributed by atoms with Crippen LogP contribution in [0.15, 0.2) is 17.2 Å². The fourth-order valence-corrected chi connectivity index (χ4v) is 2.16. The maximum absolute atomic E-state index is 12.3. The van der Waals surface area contributed by atoms with Crippen LogP contribution in [0, 0.1) is 5.92 Å². The van der Waals surface area contributed by atoms with E-state index in [9.17, 15) is 4.79 Å². The van der Waals surface area contributed by atoms with Gasteiger partial charge in [-0.15, -0.1) is 11.6 Å². The van der Waals surface area contributed by atoms with Gasteiger partial charge >= 0.3 is 0 Å². The highest BCUT2D eigenvalue weighted by Crippen LogP contribution is 2.13. The molecule has 0 fully saturated rings. The third-order valence-electron chi connectivity index (χ3n) is 2.85. The fraction of sp³-hybridized carbons (Fsp3) is 0.714. The van der Waals surface area contributed by atoms with E-state index < -0.39 is 0 Å². The molecule has 0 aliphatic rings. The van der Waals surface area contributed by atoms with E-state index in [0.29, 0.717) is 17.6 Å². The predicted molar refractivity (Wildman–Crippen MR) is 81.1 cm³/mol. The van der Waals surface area contributed by atoms with Crippen molar-refractivity contribution in [1.82, 2.24) is 9.55 Å². The SMILES string of the molecule is CC(C)CC(CCl)Nc1nccn(C(C)(C)C)c1=O. The van der Waals surface area contributed by atoms with Crippen molar-refractivity contribution in [3.63, 3.8) is 0 Å². The minimum atomic E-state index is -0.259. The van der Waals surface area contributed by atoms with Crippen molar-refractivity contribution in [2.45, 2.75) is 52.6 Å². The summed E-state index contributed by atoms with van der Waals surface area (Å²) in [4.78, 5) is 16.5. The first-order valence-corrected chi connectivity index (χ1v) is 7.19. The highest BCUT2D eigenvalue weighted by molar-refractivity contribution is 6.18. The van der Waals surface area contributed by atoms with E-state index >= 15 is 0 Å². The van der Waals surface area contributed by atoms with E-state index in [-0.39, 0.29) is 17.1 Å². The Morgan fingerprint density at radius 2 is 2.05 bits per heavy atom. The van der Waals surface area contributed by atoms with Gasteiger partial charge in [0.2, 0.25) is 0 Å². The monoisotopic (exact) mass is 285 g/mol. The number of nitrogens with one attached hydrogen (secondary N) is 1. The lowest BCUT2D eigenvalue weighted by Crippen LogP contribution is -2.37. The largest absolute Gasteiger partial charge is 0.362 e. The average Bonchev–Trinajstić information content (AvgIpc) is 2.28. The van der Waals surface area contributed by atoms with E-state index in [2.05, 4.69) is 24.1 Å². The molecule has 5 heteroatoms. The number of aromatic nitrogens is 2. The van der Waals surface area contributed by atoms with Crippen LogP contribution in [0.5, 0.6) is 0 Å². The molecule has 0 spiro atoms. The number of halogens is 1. The second-order valence-corrected chi connectivity index (χ2v) is 6.56. The van der Waals surface area contributed by atoms with Crippen LogP contribution in [0.4, 0.5) is 5.82 Å². The molecule has 0 aliphatic heterocycles. The molecule has 0 saturated carbocycles. The standard InChI is InChI=1S/C14H24ClN3O/c1-10(2)8-11(9-15)17-12-13(19)18(7-6-16-12)14(3,4)5/h6-7,10-11H,8-9H2,1-5H3,(H,16,17). The molecule has 0 radical (unpaired) electrons. The Morgan fingerprint density at radius 3 is 2.53 bits per heavy atom. The third kappa shape index (κ3) is 4.53. The van der Waals surface area contributed by atoms with Crippen LogP contribution in [0.2, 0.25) is 0 Å². The number of hydrogen-bond donors (Lipinski definition) is 1. The molecule has 1 heterocycles. The molecule has 0 amide bonds. The van der Waals surface area contributed by atoms with E-state index in [1.165, 1.54) is 0 Å². The molecule has 1 unspecified atom stereocenters. The van der Waals surface area contributed by atoms with Gasteiger partial charge in [0.25, 0.3) is 5.56 Å². The van der Waals surface area contributed by atoms with E-state index in [4.69, 9.17) is 11.6 Å². The van der Waals surface area contributed by atoms with Gasteiger partial charge in [0, 0.05) is 29.9 Å². The molecule has 1 rings (SSSR count). The van der Waals surface area contributed by atoms with Crippen LogP contribution in [-0.2, 0) is 5.54 Å². The van der Waals surface area contributed by atoms with Crippen molar-refractivity contribution in [2.24, 2.45) is 5.92 Å². The third-order valence-corrected chi connectivity index (χ3v) is 3.22. The zero-order valence-corrected chi connectivity index (χ0v) is 13.2. The molecule has 19 heavy (non-hydrogen) atoms. The minimum Gasteiger partial charge on any atom is -0.362 e. The van der Waals surface area contributed by atoms with Gasteiger partial charge in [-0.3, -0.25) is 4.79 Å². The quantitative estimate of drug-likeness (QED) is 0.846. The van der Waals surface area contributed by atoms with E-state index in [0.717, 1.165) is 6.42 Å². The first-order valence-electron chi connectivity index (χ1n) is 6.66. The van der Waals surface area contributed by atoms with E-state index in [1.54, 1.807) is 17.0 Å². The molecule has 0 bridgehead atoms. The number of hydrogen-bond acceptors (Lipinski definition) is 3. The topological polar surface area (TPSA) is 46.9 Å². The Hall–Kier alpha value is -1.03. The molecule has 1 aromatic heterocycles. The summed E-state index contributed by atoms with van der Waals surface area (Å²) in [6.07, 6.45) is 4.27. The fourth-order valence-electron chi connectivity index (χ4n) is 1.96. The summed E-state index contributed by atoms with van der Waals surface area (Å²) < 4.78 is 1.68. The highest BCUT2D eigenvalue weighted by Gasteiger charge is 2.18. The van der Waals surface area contributed by atoms with Crippen molar-refractivity contribution in [2.75, 3.05) is 11.2 Å². The summed E-state index contributed by atoms with van der Waals surface area (Å²) in [5.41, 5.74) is -0.362. The van der Waals surface area contributed by atoms with Crippen molar-refractivity contribution >= 4 is 17.4 Å². The average molecular weight is 286 g/mol. The summed E-state index contributed by atoms with van der Waals surface area (Å²) in [7, 11) is 0. The molecule has 108 valence electrons. The van der Waals surface area contributed by atoms with Crippen LogP contribution in [0.25, 0.3) is 0 Å². The molecule has 1 atom stereocenters. The molecule has 0 saturated heterocycles. The Morgan fingerprint density at radius 1 is 1.42 bits per heavy atom. The number of rotatable bonds is 5. The number of alkyl halides is 1. The van der Waals surface area contributed by atoms with Gasteiger partial charge in [-0.2, -0.15) is 0 Å². The van der Waals surface area contributed by atoms with Crippen LogP contribution < -0.4 is 10.9 Å². The molecular weight excluding hydrogens is 262 g/mol. The maximum Gasteiger partial charge on any atom is 0.293 e. The first-order chi connectivity index (χ1) is 8.75. The van der Waals surface area contributed by atoms with Gasteiger partial charge in [-0.25, -0.2) is 4.98 Å². The zero-order chi connectivity index (χ0) is 14.6. The Bertz CT molecular complexity index is 462. The predicted octanol–water partition coefficient (Wildman–Crippen LogP) is 3.06. The molecule has 0 aromatic carbocycles. The Balaban J connectivity index is 2.99. The summed E-state index contributed by atoms with van der Waals surface area (Å²) in [6.45, 7) is 10.2. The van der Waals surface area contributed by atoms with Gasteiger partial charge in [0.05, 0.1) is 0 Å². The number of nitrogens with zero attached hydrogens (tertiary/aromatic N) is 2. The zero-order valence-electron chi connectivity index (χ0n) is 12.4. The molecule has 1 aromatic rings. The van der Waals surface area contributed by atoms with Crippen LogP contribution in [0.3, 0.4) is 0 Å². The van der Waals surface area contributed by atoms with Gasteiger partial charge in [0.15, 0.2) is 5.82 Å². The summed E-state index contributed by atoms with van der Waals surface area (Å²) in [5.74, 6) is 1.36. The number of anilines is 1. The molecule has 1 N–H and O–H groups in total. The smallest absolute Gasteiger partial charge is 0.293 e. The maximum atomic E-state index is 12.3. The second kappa shape index (κ2) is 6.42. The van der Waals surface area contributed by atoms with Crippen LogP contribution >= 0.6 is 11.6 Å².